The van der Waals surface area contributed by atoms with Gasteiger partial charge >= 0.3 is 11.5 Å². The summed E-state index contributed by atoms with van der Waals surface area (Å²) in [5, 5.41) is 6.36. The van der Waals surface area contributed by atoms with Crippen LogP contribution >= 0.6 is 23.4 Å². The third-order valence-electron chi connectivity index (χ3n) is 3.69. The first kappa shape index (κ1) is 21.1. The summed E-state index contributed by atoms with van der Waals surface area (Å²) in [7, 11) is 0. The molecule has 5 nitrogen and oxygen atoms in total. The number of benzene rings is 2. The van der Waals surface area contributed by atoms with Crippen LogP contribution in [0.3, 0.4) is 0 Å². The smallest absolute Gasteiger partial charge is 0.441 e. The van der Waals surface area contributed by atoms with Crippen molar-refractivity contribution in [3.63, 3.8) is 0 Å². The molecule has 11 heteroatoms. The average molecular weight is 448 g/mol. The zero-order chi connectivity index (χ0) is 21.0. The van der Waals surface area contributed by atoms with Crippen LogP contribution in [0.25, 0.3) is 10.9 Å². The Bertz CT molecular complexity index is 1030. The van der Waals surface area contributed by atoms with Gasteiger partial charge in [-0.3, -0.25) is 0 Å². The molecule has 0 radical (unpaired) electrons. The number of ether oxygens (including phenoxy) is 1. The van der Waals surface area contributed by atoms with E-state index in [1.54, 1.807) is 24.4 Å². The number of urea groups is 1. The molecule has 3 N–H and O–H groups in total. The Morgan fingerprint density at radius 3 is 2.72 bits per heavy atom. The van der Waals surface area contributed by atoms with Gasteiger partial charge in [0.05, 0.1) is 12.3 Å². The lowest BCUT2D eigenvalue weighted by Crippen LogP contribution is -2.19. The molecule has 1 aromatic heterocycles. The molecule has 0 aliphatic heterocycles. The molecule has 0 unspecified atom stereocenters. The van der Waals surface area contributed by atoms with Crippen LogP contribution in [0.2, 0.25) is 5.02 Å². The number of aromatic amines is 1. The van der Waals surface area contributed by atoms with E-state index in [4.69, 9.17) is 16.3 Å². The zero-order valence-corrected chi connectivity index (χ0v) is 16.1. The summed E-state index contributed by atoms with van der Waals surface area (Å²) in [6.07, 6.45) is 1.60. The standard InChI is InChI=1S/C18H14ClF4N3O2S/c19-10-1-4-14-12(7-10)15(9-24-14)26-17(27)25-11-2-3-13(20)16(8-11)28-5-6-29-18(21,22)23/h1-4,7-9,24H,5-6H2,(H2,25,26,27). The summed E-state index contributed by atoms with van der Waals surface area (Å²) < 4.78 is 55.2. The number of carbonyl (C=O) groups is 1. The number of halogens is 5. The van der Waals surface area contributed by atoms with E-state index in [0.717, 1.165) is 11.6 Å². The van der Waals surface area contributed by atoms with Crippen molar-refractivity contribution < 1.29 is 27.1 Å². The zero-order valence-electron chi connectivity index (χ0n) is 14.6. The Morgan fingerprint density at radius 2 is 1.97 bits per heavy atom. The average Bonchev–Trinajstić information content (AvgIpc) is 3.02. The number of fused-ring (bicyclic) bond motifs is 1. The van der Waals surface area contributed by atoms with Gasteiger partial charge in [-0.1, -0.05) is 11.6 Å². The van der Waals surface area contributed by atoms with Crippen LogP contribution in [0.4, 0.5) is 33.7 Å². The molecule has 1 heterocycles. The molecule has 0 saturated heterocycles. The van der Waals surface area contributed by atoms with Crippen molar-refractivity contribution in [2.24, 2.45) is 0 Å². The van der Waals surface area contributed by atoms with Gasteiger partial charge in [0.2, 0.25) is 0 Å². The van der Waals surface area contributed by atoms with Gasteiger partial charge in [0.1, 0.15) is 0 Å². The van der Waals surface area contributed by atoms with Crippen molar-refractivity contribution in [3.8, 4) is 5.75 Å². The first-order valence-electron chi connectivity index (χ1n) is 8.19. The Balaban J connectivity index is 1.62. The molecular weight excluding hydrogens is 434 g/mol. The fourth-order valence-corrected chi connectivity index (χ4v) is 3.05. The summed E-state index contributed by atoms with van der Waals surface area (Å²) in [5.74, 6) is -1.40. The van der Waals surface area contributed by atoms with Gasteiger partial charge in [-0.2, -0.15) is 13.2 Å². The maximum Gasteiger partial charge on any atom is 0.441 e. The molecule has 2 aromatic carbocycles. The van der Waals surface area contributed by atoms with Crippen LogP contribution in [-0.4, -0.2) is 28.9 Å². The van der Waals surface area contributed by atoms with Crippen molar-refractivity contribution in [1.82, 2.24) is 4.98 Å². The number of thioether (sulfide) groups is 1. The second kappa shape index (κ2) is 8.83. The number of hydrogen-bond acceptors (Lipinski definition) is 3. The summed E-state index contributed by atoms with van der Waals surface area (Å²) in [5.41, 5.74) is -2.90. The summed E-state index contributed by atoms with van der Waals surface area (Å²) >= 11 is 5.71. The van der Waals surface area contributed by atoms with E-state index >= 15 is 0 Å². The van der Waals surface area contributed by atoms with E-state index in [2.05, 4.69) is 15.6 Å². The third-order valence-corrected chi connectivity index (χ3v) is 4.62. The van der Waals surface area contributed by atoms with Gasteiger partial charge in [-0.25, -0.2) is 9.18 Å². The Morgan fingerprint density at radius 1 is 1.17 bits per heavy atom. The first-order valence-corrected chi connectivity index (χ1v) is 9.55. The molecule has 0 aliphatic rings. The van der Waals surface area contributed by atoms with E-state index in [0.29, 0.717) is 16.1 Å². The molecule has 0 atom stereocenters. The second-order valence-electron chi connectivity index (χ2n) is 5.76. The van der Waals surface area contributed by atoms with Crippen LogP contribution in [0.5, 0.6) is 5.75 Å². The monoisotopic (exact) mass is 447 g/mol. The molecule has 0 fully saturated rings. The minimum atomic E-state index is -4.38. The Labute approximate surface area is 171 Å². The number of alkyl halides is 3. The SMILES string of the molecule is O=C(Nc1ccc(F)c(OCCSC(F)(F)F)c1)Nc1c[nH]c2ccc(Cl)cc12. The predicted octanol–water partition coefficient (Wildman–Crippen LogP) is 6.24. The van der Waals surface area contributed by atoms with E-state index in [9.17, 15) is 22.4 Å². The van der Waals surface area contributed by atoms with Gasteiger partial charge in [0.15, 0.2) is 11.6 Å². The molecule has 154 valence electrons. The van der Waals surface area contributed by atoms with Gasteiger partial charge in [0.25, 0.3) is 0 Å². The highest BCUT2D eigenvalue weighted by Gasteiger charge is 2.27. The largest absolute Gasteiger partial charge is 0.490 e. The van der Waals surface area contributed by atoms with Gasteiger partial charge in [-0.15, -0.1) is 0 Å². The quantitative estimate of drug-likeness (QED) is 0.309. The number of hydrogen-bond donors (Lipinski definition) is 3. The van der Waals surface area contributed by atoms with Crippen LogP contribution in [0, 0.1) is 5.82 Å². The molecule has 0 saturated carbocycles. The van der Waals surface area contributed by atoms with E-state index < -0.39 is 17.4 Å². The third kappa shape index (κ3) is 5.94. The first-order chi connectivity index (χ1) is 13.7. The Kier molecular flexibility index (Phi) is 6.43. The number of rotatable bonds is 6. The molecule has 29 heavy (non-hydrogen) atoms. The number of nitrogens with one attached hydrogen (secondary N) is 3. The normalized spacial score (nSPS) is 11.5. The minimum absolute atomic E-state index is 0.209. The molecule has 0 spiro atoms. The van der Waals surface area contributed by atoms with Crippen LogP contribution in [0.15, 0.2) is 42.6 Å². The predicted molar refractivity (Wildman–Crippen MR) is 106 cm³/mol. The maximum atomic E-state index is 13.8. The van der Waals surface area contributed by atoms with Gasteiger partial charge in [-0.05, 0) is 42.1 Å². The van der Waals surface area contributed by atoms with Crippen molar-refractivity contribution in [2.75, 3.05) is 23.0 Å². The lowest BCUT2D eigenvalue weighted by Gasteiger charge is -2.11. The summed E-state index contributed by atoms with van der Waals surface area (Å²) in [4.78, 5) is 15.2. The van der Waals surface area contributed by atoms with E-state index in [-0.39, 0.29) is 35.6 Å². The number of H-pyrrole nitrogens is 1. The maximum absolute atomic E-state index is 13.8. The lowest BCUT2D eigenvalue weighted by molar-refractivity contribution is -0.0329. The molecular formula is C18H14ClF4N3O2S. The molecule has 3 rings (SSSR count). The highest BCUT2D eigenvalue weighted by Crippen LogP contribution is 2.30. The minimum Gasteiger partial charge on any atom is -0.490 e. The van der Waals surface area contributed by atoms with Crippen molar-refractivity contribution in [1.29, 1.82) is 0 Å². The highest BCUT2D eigenvalue weighted by atomic mass is 35.5. The number of carbonyl (C=O) groups excluding carboxylic acids is 1. The van der Waals surface area contributed by atoms with Crippen LogP contribution in [-0.2, 0) is 0 Å². The fraction of sp³-hybridized carbons (Fsp3) is 0.167. The van der Waals surface area contributed by atoms with Gasteiger partial charge < -0.3 is 20.4 Å². The van der Waals surface area contributed by atoms with Crippen LogP contribution < -0.4 is 15.4 Å². The highest BCUT2D eigenvalue weighted by molar-refractivity contribution is 8.00. The fourth-order valence-electron chi connectivity index (χ4n) is 2.48. The summed E-state index contributed by atoms with van der Waals surface area (Å²) in [6, 6.07) is 8.10. The van der Waals surface area contributed by atoms with Crippen molar-refractivity contribution in [3.05, 3.63) is 53.4 Å². The van der Waals surface area contributed by atoms with Crippen molar-refractivity contribution in [2.45, 2.75) is 5.51 Å². The van der Waals surface area contributed by atoms with Crippen LogP contribution in [0.1, 0.15) is 0 Å². The van der Waals surface area contributed by atoms with Gasteiger partial charge in [0, 0.05) is 39.6 Å². The van der Waals surface area contributed by atoms with E-state index in [1.807, 2.05) is 0 Å². The number of amides is 2. The Hall–Kier alpha value is -2.59. The number of anilines is 2. The topological polar surface area (TPSA) is 66.2 Å². The molecule has 2 amide bonds. The second-order valence-corrected chi connectivity index (χ2v) is 7.36. The molecule has 0 bridgehead atoms. The molecule has 3 aromatic rings. The molecule has 0 aliphatic carbocycles. The number of aromatic nitrogens is 1. The van der Waals surface area contributed by atoms with E-state index in [1.165, 1.54) is 12.1 Å². The lowest BCUT2D eigenvalue weighted by atomic mass is 10.2. The summed E-state index contributed by atoms with van der Waals surface area (Å²) in [6.45, 7) is -0.340. The van der Waals surface area contributed by atoms with Crippen molar-refractivity contribution >= 4 is 51.7 Å².